The van der Waals surface area contributed by atoms with Crippen LogP contribution in [0.25, 0.3) is 0 Å². The van der Waals surface area contributed by atoms with Crippen molar-refractivity contribution in [3.8, 4) is 0 Å². The second-order valence-electron chi connectivity index (χ2n) is 2.23. The van der Waals surface area contributed by atoms with Gasteiger partial charge in [0.15, 0.2) is 5.78 Å². The van der Waals surface area contributed by atoms with E-state index in [9.17, 15) is 4.79 Å². The summed E-state index contributed by atoms with van der Waals surface area (Å²) in [6.07, 6.45) is 0.643. The van der Waals surface area contributed by atoms with E-state index >= 15 is 0 Å². The van der Waals surface area contributed by atoms with Gasteiger partial charge in [0, 0.05) is 6.04 Å². The fourth-order valence-electron chi connectivity index (χ4n) is 0.666. The predicted molar refractivity (Wildman–Crippen MR) is 31.9 cm³/mol. The zero-order valence-corrected chi connectivity index (χ0v) is 5.40. The van der Waals surface area contributed by atoms with Gasteiger partial charge in [0.05, 0.1) is 0 Å². The van der Waals surface area contributed by atoms with Crippen molar-refractivity contribution in [1.29, 1.82) is 0 Å². The molecule has 2 nitrogen and oxygen atoms in total. The molecule has 0 amide bonds. The van der Waals surface area contributed by atoms with Crippen LogP contribution in [0.5, 0.6) is 0 Å². The van der Waals surface area contributed by atoms with E-state index in [4.69, 9.17) is 17.3 Å². The minimum absolute atomic E-state index is 0.00772. The van der Waals surface area contributed by atoms with E-state index in [1.165, 1.54) is 6.92 Å². The Morgan fingerprint density at radius 2 is 2.38 bits per heavy atom. The molecule has 2 unspecified atom stereocenters. The normalized spacial score (nSPS) is 44.1. The van der Waals surface area contributed by atoms with Crippen molar-refractivity contribution in [1.82, 2.24) is 0 Å². The van der Waals surface area contributed by atoms with Crippen LogP contribution in [-0.4, -0.2) is 16.7 Å². The van der Waals surface area contributed by atoms with Crippen molar-refractivity contribution in [2.45, 2.75) is 24.3 Å². The summed E-state index contributed by atoms with van der Waals surface area (Å²) < 4.78 is 0. The van der Waals surface area contributed by atoms with Crippen LogP contribution in [0.3, 0.4) is 0 Å². The SMILES string of the molecule is CC(=O)C1(Cl)CC1N. The first-order chi connectivity index (χ1) is 3.57. The average molecular weight is 134 g/mol. The van der Waals surface area contributed by atoms with E-state index in [2.05, 4.69) is 0 Å². The van der Waals surface area contributed by atoms with Crippen molar-refractivity contribution in [3.63, 3.8) is 0 Å². The number of hydrogen-bond donors (Lipinski definition) is 1. The summed E-state index contributed by atoms with van der Waals surface area (Å²) >= 11 is 5.66. The van der Waals surface area contributed by atoms with Gasteiger partial charge in [-0.05, 0) is 13.3 Å². The first-order valence-electron chi connectivity index (χ1n) is 2.53. The van der Waals surface area contributed by atoms with Gasteiger partial charge in [-0.15, -0.1) is 11.6 Å². The molecule has 1 aliphatic carbocycles. The topological polar surface area (TPSA) is 43.1 Å². The van der Waals surface area contributed by atoms with Gasteiger partial charge >= 0.3 is 0 Å². The molecule has 0 bridgehead atoms. The maximum atomic E-state index is 10.5. The maximum absolute atomic E-state index is 10.5. The Morgan fingerprint density at radius 3 is 2.38 bits per heavy atom. The Hall–Kier alpha value is -0.0800. The lowest BCUT2D eigenvalue weighted by atomic mass is 10.3. The van der Waals surface area contributed by atoms with Gasteiger partial charge in [0.25, 0.3) is 0 Å². The Kier molecular flexibility index (Phi) is 1.10. The lowest BCUT2D eigenvalue weighted by molar-refractivity contribution is -0.117. The number of halogens is 1. The van der Waals surface area contributed by atoms with E-state index in [-0.39, 0.29) is 11.8 Å². The second kappa shape index (κ2) is 1.45. The van der Waals surface area contributed by atoms with Crippen LogP contribution in [0.15, 0.2) is 0 Å². The molecule has 1 fully saturated rings. The molecular weight excluding hydrogens is 126 g/mol. The number of carbonyl (C=O) groups excluding carboxylic acids is 1. The Labute approximate surface area is 53.0 Å². The molecule has 0 radical (unpaired) electrons. The van der Waals surface area contributed by atoms with Crippen LogP contribution in [-0.2, 0) is 4.79 Å². The number of rotatable bonds is 1. The molecule has 1 saturated carbocycles. The molecule has 0 heterocycles. The minimum atomic E-state index is -0.681. The van der Waals surface area contributed by atoms with E-state index in [1.54, 1.807) is 0 Å². The van der Waals surface area contributed by atoms with Gasteiger partial charge in [-0.3, -0.25) is 4.79 Å². The summed E-state index contributed by atoms with van der Waals surface area (Å²) in [5.41, 5.74) is 5.35. The quantitative estimate of drug-likeness (QED) is 0.523. The first kappa shape index (κ1) is 6.05. The molecule has 0 aromatic rings. The highest BCUT2D eigenvalue weighted by molar-refractivity contribution is 6.38. The molecule has 46 valence electrons. The second-order valence-corrected chi connectivity index (χ2v) is 2.90. The molecule has 0 aromatic carbocycles. The number of Topliss-reactive ketones (excluding diaryl/α,β-unsaturated/α-hetero) is 1. The fraction of sp³-hybridized carbons (Fsp3) is 0.800. The summed E-state index contributed by atoms with van der Waals surface area (Å²) in [7, 11) is 0. The number of nitrogens with two attached hydrogens (primary N) is 1. The summed E-state index contributed by atoms with van der Waals surface area (Å²) in [5.74, 6) is -0.00772. The van der Waals surface area contributed by atoms with Gasteiger partial charge in [-0.2, -0.15) is 0 Å². The largest absolute Gasteiger partial charge is 0.326 e. The molecule has 2 N–H and O–H groups in total. The monoisotopic (exact) mass is 133 g/mol. The number of carbonyl (C=O) groups is 1. The van der Waals surface area contributed by atoms with Crippen molar-refractivity contribution in [2.75, 3.05) is 0 Å². The van der Waals surface area contributed by atoms with Gasteiger partial charge in [-0.1, -0.05) is 0 Å². The first-order valence-corrected chi connectivity index (χ1v) is 2.90. The third-order valence-electron chi connectivity index (χ3n) is 1.53. The third kappa shape index (κ3) is 0.644. The van der Waals surface area contributed by atoms with Crippen LogP contribution < -0.4 is 5.73 Å². The zero-order valence-electron chi connectivity index (χ0n) is 4.65. The molecule has 0 saturated heterocycles. The Balaban J connectivity index is 2.60. The van der Waals surface area contributed by atoms with E-state index < -0.39 is 4.87 Å². The summed E-state index contributed by atoms with van der Waals surface area (Å²) in [4.78, 5) is 9.85. The van der Waals surface area contributed by atoms with E-state index in [1.807, 2.05) is 0 Å². The van der Waals surface area contributed by atoms with E-state index in [0.717, 1.165) is 0 Å². The summed E-state index contributed by atoms with van der Waals surface area (Å²) in [6.45, 7) is 1.47. The third-order valence-corrected chi connectivity index (χ3v) is 2.23. The number of alkyl halides is 1. The molecule has 0 aliphatic heterocycles. The standard InChI is InChI=1S/C5H8ClNO/c1-3(8)5(6)2-4(5)7/h4H,2,7H2,1H3. The van der Waals surface area contributed by atoms with Gasteiger partial charge in [-0.25, -0.2) is 0 Å². The highest BCUT2D eigenvalue weighted by Crippen LogP contribution is 2.41. The Bertz CT molecular complexity index is 136. The smallest absolute Gasteiger partial charge is 0.152 e. The van der Waals surface area contributed by atoms with Crippen LogP contribution in [0.4, 0.5) is 0 Å². The molecule has 8 heavy (non-hydrogen) atoms. The highest BCUT2D eigenvalue weighted by atomic mass is 35.5. The summed E-state index contributed by atoms with van der Waals surface area (Å²) in [5, 5.41) is 0. The molecule has 1 rings (SSSR count). The van der Waals surface area contributed by atoms with Crippen LogP contribution in [0.2, 0.25) is 0 Å². The summed E-state index contributed by atoms with van der Waals surface area (Å²) in [6, 6.07) is -0.0957. The highest BCUT2D eigenvalue weighted by Gasteiger charge is 2.54. The lowest BCUT2D eigenvalue weighted by Gasteiger charge is -1.97. The molecule has 2 atom stereocenters. The van der Waals surface area contributed by atoms with E-state index in [0.29, 0.717) is 6.42 Å². The Morgan fingerprint density at radius 1 is 2.00 bits per heavy atom. The minimum Gasteiger partial charge on any atom is -0.326 e. The molecule has 3 heteroatoms. The van der Waals surface area contributed by atoms with Crippen molar-refractivity contribution < 1.29 is 4.79 Å². The van der Waals surface area contributed by atoms with Crippen LogP contribution >= 0.6 is 11.6 Å². The van der Waals surface area contributed by atoms with Gasteiger partial charge < -0.3 is 5.73 Å². The number of hydrogen-bond acceptors (Lipinski definition) is 2. The number of ketones is 1. The van der Waals surface area contributed by atoms with Crippen molar-refractivity contribution >= 4 is 17.4 Å². The average Bonchev–Trinajstić information content (AvgIpc) is 2.17. The molecule has 0 aromatic heterocycles. The zero-order chi connectivity index (χ0) is 6.36. The van der Waals surface area contributed by atoms with Crippen LogP contribution in [0, 0.1) is 0 Å². The fourth-order valence-corrected chi connectivity index (χ4v) is 0.832. The van der Waals surface area contributed by atoms with Crippen LogP contribution in [0.1, 0.15) is 13.3 Å². The lowest BCUT2D eigenvalue weighted by Crippen LogP contribution is -2.21. The molecular formula is C5H8ClNO. The van der Waals surface area contributed by atoms with Crippen molar-refractivity contribution in [3.05, 3.63) is 0 Å². The van der Waals surface area contributed by atoms with Gasteiger partial charge in [0.1, 0.15) is 4.87 Å². The maximum Gasteiger partial charge on any atom is 0.152 e. The molecule has 1 aliphatic rings. The van der Waals surface area contributed by atoms with Crippen molar-refractivity contribution in [2.24, 2.45) is 5.73 Å². The van der Waals surface area contributed by atoms with Gasteiger partial charge in [0.2, 0.25) is 0 Å². The predicted octanol–water partition coefficient (Wildman–Crippen LogP) is 0.284. The molecule has 0 spiro atoms.